The van der Waals surface area contributed by atoms with Gasteiger partial charge in [0.05, 0.1) is 4.91 Å². The van der Waals surface area contributed by atoms with Crippen molar-refractivity contribution in [3.63, 3.8) is 0 Å². The van der Waals surface area contributed by atoms with Gasteiger partial charge in [-0.05, 0) is 23.8 Å². The predicted octanol–water partition coefficient (Wildman–Crippen LogP) is 1.70. The molecular weight excluding hydrogens is 570 g/mol. The molecule has 0 aliphatic carbocycles. The average Bonchev–Trinajstić information content (AvgIpc) is 3.43. The van der Waals surface area contributed by atoms with E-state index in [1.54, 1.807) is 24.3 Å². The first kappa shape index (κ1) is 29.3. The molecule has 3 aliphatic heterocycles. The lowest BCUT2D eigenvalue weighted by molar-refractivity contribution is -0.268. The zero-order chi connectivity index (χ0) is 29.1. The molecule has 0 N–H and O–H groups in total. The molecule has 1 aromatic carbocycles. The Labute approximate surface area is 238 Å². The van der Waals surface area contributed by atoms with E-state index in [-0.39, 0.29) is 16.0 Å². The number of ether oxygens (including phenoxy) is 7. The smallest absolute Gasteiger partial charge is 0.303 e. The lowest BCUT2D eigenvalue weighted by atomic mass is 9.96. The van der Waals surface area contributed by atoms with Gasteiger partial charge in [-0.3, -0.25) is 28.9 Å². The monoisotopic (exact) mass is 595 g/mol. The van der Waals surface area contributed by atoms with Crippen LogP contribution in [0.25, 0.3) is 6.08 Å². The lowest BCUT2D eigenvalue weighted by Crippen LogP contribution is -2.66. The highest BCUT2D eigenvalue weighted by Crippen LogP contribution is 2.40. The SMILES string of the molecule is CC(=O)OCC1OC(N2C(=O)/C(=C/c3ccc4c(c3)OCO4)SC2=S)C(OC(C)=O)C(OC(C)=O)C1OC(C)=O. The highest BCUT2D eigenvalue weighted by atomic mass is 32.2. The minimum absolute atomic E-state index is 0.0536. The van der Waals surface area contributed by atoms with Crippen LogP contribution in [-0.2, 0) is 47.7 Å². The van der Waals surface area contributed by atoms with E-state index < -0.39 is 67.0 Å². The number of hydrogen-bond donors (Lipinski definition) is 0. The van der Waals surface area contributed by atoms with Crippen molar-refractivity contribution < 1.29 is 57.1 Å². The average molecular weight is 596 g/mol. The molecule has 13 nitrogen and oxygen atoms in total. The number of amides is 1. The molecule has 5 unspecified atom stereocenters. The summed E-state index contributed by atoms with van der Waals surface area (Å²) in [5.41, 5.74) is 0.631. The second-order valence-electron chi connectivity index (χ2n) is 8.75. The Kier molecular flexibility index (Phi) is 8.95. The van der Waals surface area contributed by atoms with Gasteiger partial charge in [-0.1, -0.05) is 30.0 Å². The molecule has 0 spiro atoms. The van der Waals surface area contributed by atoms with Crippen LogP contribution in [0.5, 0.6) is 11.5 Å². The van der Waals surface area contributed by atoms with E-state index in [4.69, 9.17) is 45.4 Å². The van der Waals surface area contributed by atoms with Crippen LogP contribution in [0.4, 0.5) is 0 Å². The van der Waals surface area contributed by atoms with E-state index in [1.165, 1.54) is 0 Å². The van der Waals surface area contributed by atoms with Crippen LogP contribution >= 0.6 is 24.0 Å². The molecule has 0 bridgehead atoms. The highest BCUT2D eigenvalue weighted by Gasteiger charge is 2.56. The summed E-state index contributed by atoms with van der Waals surface area (Å²) < 4.78 is 38.2. The highest BCUT2D eigenvalue weighted by molar-refractivity contribution is 8.26. The fourth-order valence-electron chi connectivity index (χ4n) is 4.27. The Morgan fingerprint density at radius 1 is 0.950 bits per heavy atom. The summed E-state index contributed by atoms with van der Waals surface area (Å²) in [5, 5.41) is 0. The summed E-state index contributed by atoms with van der Waals surface area (Å²) in [6.07, 6.45) is -5.33. The third-order valence-corrected chi connectivity index (χ3v) is 7.07. The van der Waals surface area contributed by atoms with Gasteiger partial charge < -0.3 is 33.2 Å². The Morgan fingerprint density at radius 3 is 2.23 bits per heavy atom. The van der Waals surface area contributed by atoms with E-state index in [1.807, 2.05) is 0 Å². The van der Waals surface area contributed by atoms with Crippen molar-refractivity contribution in [2.24, 2.45) is 0 Å². The van der Waals surface area contributed by atoms with Gasteiger partial charge in [-0.25, -0.2) is 0 Å². The Bertz CT molecular complexity index is 1280. The molecule has 15 heteroatoms. The molecule has 2 saturated heterocycles. The molecule has 2 fully saturated rings. The van der Waals surface area contributed by atoms with Gasteiger partial charge in [0.1, 0.15) is 12.7 Å². The Balaban J connectivity index is 1.71. The number of fused-ring (bicyclic) bond motifs is 1. The number of carbonyl (C=O) groups excluding carboxylic acids is 5. The van der Waals surface area contributed by atoms with Crippen molar-refractivity contribution in [2.75, 3.05) is 13.4 Å². The Morgan fingerprint density at radius 2 is 1.57 bits per heavy atom. The summed E-state index contributed by atoms with van der Waals surface area (Å²) in [4.78, 5) is 62.6. The van der Waals surface area contributed by atoms with Crippen LogP contribution in [0.2, 0.25) is 0 Å². The number of rotatable bonds is 7. The topological polar surface area (TPSA) is 153 Å². The second kappa shape index (κ2) is 12.2. The molecule has 0 radical (unpaired) electrons. The van der Waals surface area contributed by atoms with Crippen LogP contribution in [-0.4, -0.2) is 83.0 Å². The molecule has 0 aromatic heterocycles. The first-order valence-corrected chi connectivity index (χ1v) is 13.1. The van der Waals surface area contributed by atoms with Crippen molar-refractivity contribution in [2.45, 2.75) is 58.3 Å². The van der Waals surface area contributed by atoms with Crippen molar-refractivity contribution in [3.05, 3.63) is 28.7 Å². The zero-order valence-electron chi connectivity index (χ0n) is 21.8. The summed E-state index contributed by atoms with van der Waals surface area (Å²) in [5.74, 6) is -2.52. The molecule has 4 rings (SSSR count). The third kappa shape index (κ3) is 6.54. The number of carbonyl (C=O) groups is 5. The van der Waals surface area contributed by atoms with Crippen LogP contribution < -0.4 is 9.47 Å². The van der Waals surface area contributed by atoms with E-state index in [0.717, 1.165) is 44.4 Å². The number of esters is 4. The molecule has 5 atom stereocenters. The summed E-state index contributed by atoms with van der Waals surface area (Å²) in [6.45, 7) is 4.14. The maximum atomic E-state index is 13.6. The summed E-state index contributed by atoms with van der Waals surface area (Å²) in [6, 6.07) is 5.13. The summed E-state index contributed by atoms with van der Waals surface area (Å²) >= 11 is 6.46. The van der Waals surface area contributed by atoms with E-state index >= 15 is 0 Å². The number of nitrogens with zero attached hydrogens (tertiary/aromatic N) is 1. The summed E-state index contributed by atoms with van der Waals surface area (Å²) in [7, 11) is 0. The number of benzene rings is 1. The zero-order valence-corrected chi connectivity index (χ0v) is 23.4. The standard InChI is InChI=1S/C25H25NO12S2/c1-11(27)32-9-18-20(35-12(2)28)21(36-13(3)29)22(37-14(4)30)24(38-18)26-23(31)19(40-25(26)39)8-15-5-6-16-17(7-15)34-10-33-16/h5-8,18,20-22,24H,9-10H2,1-4H3/b19-8-. The van der Waals surface area contributed by atoms with Crippen LogP contribution in [0.1, 0.15) is 33.3 Å². The maximum Gasteiger partial charge on any atom is 0.303 e. The number of thioether (sulfide) groups is 1. The van der Waals surface area contributed by atoms with Gasteiger partial charge in [-0.2, -0.15) is 0 Å². The first-order valence-electron chi connectivity index (χ1n) is 11.9. The molecule has 3 aliphatic rings. The molecule has 1 amide bonds. The Hall–Kier alpha value is -3.69. The van der Waals surface area contributed by atoms with Crippen molar-refractivity contribution in [1.82, 2.24) is 4.90 Å². The molecule has 214 valence electrons. The molecule has 3 heterocycles. The fraction of sp³-hybridized carbons (Fsp3) is 0.440. The maximum absolute atomic E-state index is 13.6. The van der Waals surface area contributed by atoms with E-state index in [0.29, 0.717) is 17.1 Å². The molecule has 0 saturated carbocycles. The molecular formula is C25H25NO12S2. The van der Waals surface area contributed by atoms with Crippen LogP contribution in [0, 0.1) is 0 Å². The minimum Gasteiger partial charge on any atom is -0.463 e. The normalized spacial score (nSPS) is 26.4. The fourth-order valence-corrected chi connectivity index (χ4v) is 5.58. The lowest BCUT2D eigenvalue weighted by Gasteiger charge is -2.46. The van der Waals surface area contributed by atoms with E-state index in [9.17, 15) is 24.0 Å². The van der Waals surface area contributed by atoms with Crippen molar-refractivity contribution in [3.8, 4) is 11.5 Å². The molecule has 1 aromatic rings. The van der Waals surface area contributed by atoms with Gasteiger partial charge in [0, 0.05) is 27.7 Å². The van der Waals surface area contributed by atoms with Gasteiger partial charge in [-0.15, -0.1) is 0 Å². The van der Waals surface area contributed by atoms with Gasteiger partial charge in [0.25, 0.3) is 5.91 Å². The first-order chi connectivity index (χ1) is 18.9. The van der Waals surface area contributed by atoms with Crippen LogP contribution in [0.15, 0.2) is 23.1 Å². The second-order valence-corrected chi connectivity index (χ2v) is 10.4. The minimum atomic E-state index is -1.47. The van der Waals surface area contributed by atoms with Gasteiger partial charge in [0.15, 0.2) is 40.4 Å². The third-order valence-electron chi connectivity index (χ3n) is 5.74. The molecule has 40 heavy (non-hydrogen) atoms. The predicted molar refractivity (Wildman–Crippen MR) is 140 cm³/mol. The van der Waals surface area contributed by atoms with Crippen LogP contribution in [0.3, 0.4) is 0 Å². The van der Waals surface area contributed by atoms with E-state index in [2.05, 4.69) is 0 Å². The van der Waals surface area contributed by atoms with Crippen molar-refractivity contribution in [1.29, 1.82) is 0 Å². The number of thiocarbonyl (C=S) groups is 1. The quantitative estimate of drug-likeness (QED) is 0.194. The largest absolute Gasteiger partial charge is 0.463 e. The number of hydrogen-bond acceptors (Lipinski definition) is 14. The van der Waals surface area contributed by atoms with Gasteiger partial charge >= 0.3 is 23.9 Å². The van der Waals surface area contributed by atoms with Gasteiger partial charge in [0.2, 0.25) is 6.79 Å². The van der Waals surface area contributed by atoms with Crippen molar-refractivity contribution >= 4 is 64.2 Å².